The molecule has 34 heavy (non-hydrogen) atoms. The first kappa shape index (κ1) is 29.9. The van der Waals surface area contributed by atoms with Crippen LogP contribution in [0.15, 0.2) is 17.6 Å². The molecule has 0 unspecified atom stereocenters. The molecule has 0 aromatic heterocycles. The molecule has 0 saturated carbocycles. The molecule has 5 atom stereocenters. The van der Waals surface area contributed by atoms with Gasteiger partial charge in [0, 0.05) is 34.6 Å². The van der Waals surface area contributed by atoms with Crippen molar-refractivity contribution in [2.24, 2.45) is 4.99 Å². The number of hydrogen-bond donors (Lipinski definition) is 0. The van der Waals surface area contributed by atoms with Crippen LogP contribution in [-0.2, 0) is 23.1 Å². The van der Waals surface area contributed by atoms with E-state index in [1.54, 1.807) is 6.08 Å². The van der Waals surface area contributed by atoms with Crippen molar-refractivity contribution >= 4 is 48.3 Å². The Balaban J connectivity index is 2.31. The number of thioether (sulfide) groups is 1. The van der Waals surface area contributed by atoms with Gasteiger partial charge in [0.1, 0.15) is 35.4 Å². The fourth-order valence-corrected chi connectivity index (χ4v) is 5.27. The van der Waals surface area contributed by atoms with Crippen molar-refractivity contribution in [3.05, 3.63) is 12.7 Å². The number of hydrogen-bond acceptors (Lipinski definition) is 9. The molecule has 1 fully saturated rings. The van der Waals surface area contributed by atoms with Crippen LogP contribution in [0.1, 0.15) is 60.3 Å². The van der Waals surface area contributed by atoms with Gasteiger partial charge in [0.15, 0.2) is 5.17 Å². The summed E-state index contributed by atoms with van der Waals surface area (Å²) in [7, 11) is 1.11. The van der Waals surface area contributed by atoms with Crippen molar-refractivity contribution in [1.82, 2.24) is 4.90 Å². The molecule has 2 aliphatic rings. The Morgan fingerprint density at radius 1 is 1.24 bits per heavy atom. The number of nitrogens with zero attached hydrogens (tertiary/aromatic N) is 2. The van der Waals surface area contributed by atoms with Crippen LogP contribution in [-0.4, -0.2) is 77.9 Å². The van der Waals surface area contributed by atoms with E-state index in [0.717, 1.165) is 36.2 Å². The van der Waals surface area contributed by atoms with Crippen molar-refractivity contribution < 1.29 is 27.9 Å². The zero-order valence-corrected chi connectivity index (χ0v) is 24.1. The number of unbranched alkanes of at least 4 members (excludes halogenated alkanes) is 2. The average molecular weight is 584 g/mol. The predicted molar refractivity (Wildman–Crippen MR) is 142 cm³/mol. The normalized spacial score (nSPS) is 26.6. The molecule has 1 amide bonds. The zero-order chi connectivity index (χ0) is 25.1. The highest BCUT2D eigenvalue weighted by Gasteiger charge is 2.52. The van der Waals surface area contributed by atoms with Crippen LogP contribution in [0.25, 0.3) is 0 Å². The Bertz CT molecular complexity index is 678. The molecular weight excluding hydrogens is 544 g/mol. The average Bonchev–Trinajstić information content (AvgIpc) is 3.19. The predicted octanol–water partition coefficient (Wildman–Crippen LogP) is 5.95. The first-order chi connectivity index (χ1) is 16.3. The summed E-state index contributed by atoms with van der Waals surface area (Å²) in [6.45, 7) is 15.4. The molecule has 0 radical (unpaired) electrons. The zero-order valence-electron chi connectivity index (χ0n) is 20.9. The molecule has 0 N–H and O–H groups in total. The van der Waals surface area contributed by atoms with Gasteiger partial charge >= 0.3 is 6.09 Å². The van der Waals surface area contributed by atoms with Crippen LogP contribution >= 0.6 is 37.1 Å². The summed E-state index contributed by atoms with van der Waals surface area (Å²) >= 11 is 4.64. The van der Waals surface area contributed by atoms with Gasteiger partial charge in [-0.3, -0.25) is 9.89 Å². The molecule has 0 aromatic carbocycles. The van der Waals surface area contributed by atoms with Gasteiger partial charge in [-0.2, -0.15) is 0 Å². The molecule has 0 bridgehead atoms. The SMILES string of the molecule is C=CCN(C(=O)OC(C)(C)C)C1=N[C@@H]2[C@@H](OCCCC)[C@H](OCCCC)[C@@H](COSBr)O[C@@H]2S1. The van der Waals surface area contributed by atoms with Crippen LogP contribution in [0, 0.1) is 0 Å². The molecule has 1 saturated heterocycles. The second-order valence-electron chi connectivity index (χ2n) is 9.17. The van der Waals surface area contributed by atoms with Crippen LogP contribution in [0.5, 0.6) is 0 Å². The summed E-state index contributed by atoms with van der Waals surface area (Å²) in [6.07, 6.45) is 4.17. The van der Waals surface area contributed by atoms with E-state index in [1.165, 1.54) is 16.7 Å². The molecule has 0 spiro atoms. The second-order valence-corrected chi connectivity index (χ2v) is 11.4. The third-order valence-corrected chi connectivity index (χ3v) is 7.09. The first-order valence-corrected chi connectivity index (χ1v) is 15.4. The van der Waals surface area contributed by atoms with Gasteiger partial charge in [0.05, 0.1) is 17.1 Å². The lowest BCUT2D eigenvalue weighted by molar-refractivity contribution is -0.196. The third-order valence-electron chi connectivity index (χ3n) is 5.15. The lowest BCUT2D eigenvalue weighted by atomic mass is 9.98. The van der Waals surface area contributed by atoms with Gasteiger partial charge < -0.3 is 23.1 Å². The lowest BCUT2D eigenvalue weighted by Crippen LogP contribution is -2.58. The topological polar surface area (TPSA) is 78.8 Å². The lowest BCUT2D eigenvalue weighted by Gasteiger charge is -2.42. The molecule has 0 aromatic rings. The Morgan fingerprint density at radius 3 is 2.44 bits per heavy atom. The first-order valence-electron chi connectivity index (χ1n) is 11.9. The number of rotatable bonds is 13. The maximum absolute atomic E-state index is 12.9. The minimum absolute atomic E-state index is 0.282. The van der Waals surface area contributed by atoms with Crippen molar-refractivity contribution in [3.8, 4) is 0 Å². The quantitative estimate of drug-likeness (QED) is 0.150. The monoisotopic (exact) mass is 582 g/mol. The number of aliphatic imine (C=N–C) groups is 1. The van der Waals surface area contributed by atoms with Gasteiger partial charge in [-0.15, -0.1) is 6.58 Å². The summed E-state index contributed by atoms with van der Waals surface area (Å²) < 4.78 is 30.2. The Hall–Kier alpha value is -0.300. The van der Waals surface area contributed by atoms with E-state index in [1.807, 2.05) is 20.8 Å². The number of amides is 1. The van der Waals surface area contributed by atoms with Gasteiger partial charge in [-0.25, -0.2) is 4.79 Å². The highest BCUT2D eigenvalue weighted by molar-refractivity contribution is 9.49. The van der Waals surface area contributed by atoms with Crippen LogP contribution in [0.3, 0.4) is 0 Å². The molecular formula is C23H39BrN2O6S2. The number of halogens is 1. The molecule has 196 valence electrons. The number of amidine groups is 1. The highest BCUT2D eigenvalue weighted by Crippen LogP contribution is 2.40. The van der Waals surface area contributed by atoms with Gasteiger partial charge in [-0.05, 0) is 33.6 Å². The van der Waals surface area contributed by atoms with Gasteiger partial charge in [-0.1, -0.05) is 44.5 Å². The Kier molecular flexibility index (Phi) is 13.3. The number of fused-ring (bicyclic) bond motifs is 1. The Labute approximate surface area is 220 Å². The van der Waals surface area contributed by atoms with Crippen molar-refractivity contribution in [2.45, 2.75) is 95.7 Å². The van der Waals surface area contributed by atoms with E-state index < -0.39 is 11.7 Å². The fraction of sp³-hybridized carbons (Fsp3) is 0.826. The summed E-state index contributed by atoms with van der Waals surface area (Å²) in [5, 5.41) is 0.539. The molecule has 0 aliphatic carbocycles. The maximum atomic E-state index is 12.9. The number of carbonyl (C=O) groups is 1. The van der Waals surface area contributed by atoms with E-state index in [2.05, 4.69) is 35.2 Å². The summed E-state index contributed by atoms with van der Waals surface area (Å²) in [5.74, 6) is 0. The van der Waals surface area contributed by atoms with E-state index in [-0.39, 0.29) is 36.3 Å². The largest absolute Gasteiger partial charge is 0.443 e. The number of carbonyl (C=O) groups excluding carboxylic acids is 1. The van der Waals surface area contributed by atoms with E-state index >= 15 is 0 Å². The standard InChI is InChI=1S/C23H39BrN2O6S2/c1-7-10-13-28-18-16(15-30-34-24)31-20-17(19(18)29-14-11-8-2)25-21(33-20)26(12-9-3)22(27)32-23(4,5)6/h9,16-20H,3,7-8,10-15H2,1-2,4-6H3/t16-,17-,18-,19-,20-/m1/s1. The highest BCUT2D eigenvalue weighted by atomic mass is 79.9. The molecule has 2 rings (SSSR count). The minimum atomic E-state index is -0.622. The fourth-order valence-electron chi connectivity index (χ4n) is 3.54. The third kappa shape index (κ3) is 8.97. The van der Waals surface area contributed by atoms with E-state index in [4.69, 9.17) is 28.1 Å². The Morgan fingerprint density at radius 2 is 1.88 bits per heavy atom. The minimum Gasteiger partial charge on any atom is -0.443 e. The summed E-state index contributed by atoms with van der Waals surface area (Å²) in [5.41, 5.74) is -0.944. The number of ether oxygens (including phenoxy) is 4. The van der Waals surface area contributed by atoms with Crippen molar-refractivity contribution in [3.63, 3.8) is 0 Å². The summed E-state index contributed by atoms with van der Waals surface area (Å²) in [4.78, 5) is 19.3. The summed E-state index contributed by atoms with van der Waals surface area (Å²) in [6, 6.07) is -0.314. The van der Waals surface area contributed by atoms with Crippen LogP contribution in [0.2, 0.25) is 0 Å². The van der Waals surface area contributed by atoms with E-state index in [9.17, 15) is 4.79 Å². The van der Waals surface area contributed by atoms with E-state index in [0.29, 0.717) is 25.0 Å². The van der Waals surface area contributed by atoms with Crippen molar-refractivity contribution in [1.29, 1.82) is 0 Å². The molecule has 2 heterocycles. The second kappa shape index (κ2) is 15.1. The van der Waals surface area contributed by atoms with Crippen LogP contribution in [0.4, 0.5) is 4.79 Å². The van der Waals surface area contributed by atoms with Gasteiger partial charge in [0.2, 0.25) is 0 Å². The van der Waals surface area contributed by atoms with Gasteiger partial charge in [0.25, 0.3) is 0 Å². The molecule has 2 aliphatic heterocycles. The molecule has 8 nitrogen and oxygen atoms in total. The van der Waals surface area contributed by atoms with Crippen LogP contribution < -0.4 is 0 Å². The maximum Gasteiger partial charge on any atom is 0.416 e. The smallest absolute Gasteiger partial charge is 0.416 e. The van der Waals surface area contributed by atoms with Crippen molar-refractivity contribution in [2.75, 3.05) is 26.4 Å². The molecule has 11 heteroatoms.